The number of hydrogen-bond acceptors (Lipinski definition) is 4. The number of hydrogen-bond donors (Lipinski definition) is 2. The van der Waals surface area contributed by atoms with Gasteiger partial charge >= 0.3 is 0 Å². The molecule has 19 heavy (non-hydrogen) atoms. The molecule has 0 radical (unpaired) electrons. The van der Waals surface area contributed by atoms with Crippen LogP contribution in [0.3, 0.4) is 0 Å². The van der Waals surface area contributed by atoms with Gasteiger partial charge in [-0.1, -0.05) is 30.0 Å². The third kappa shape index (κ3) is 3.45. The maximum absolute atomic E-state index is 11.3. The summed E-state index contributed by atoms with van der Waals surface area (Å²) >= 11 is 1.49. The molecule has 1 aliphatic rings. The summed E-state index contributed by atoms with van der Waals surface area (Å²) in [4.78, 5) is 19.3. The van der Waals surface area contributed by atoms with E-state index >= 15 is 0 Å². The molecular weight excluding hydrogens is 258 g/mol. The van der Waals surface area contributed by atoms with Crippen LogP contribution in [0.15, 0.2) is 51.4 Å². The highest BCUT2D eigenvalue weighted by molar-refractivity contribution is 7.99. The van der Waals surface area contributed by atoms with Gasteiger partial charge in [-0.2, -0.15) is 0 Å². The minimum atomic E-state index is -0.119. The van der Waals surface area contributed by atoms with E-state index in [1.165, 1.54) is 42.4 Å². The number of rotatable bonds is 5. The summed E-state index contributed by atoms with van der Waals surface area (Å²) in [6.07, 6.45) is 4.10. The minimum Gasteiger partial charge on any atom is -0.310 e. The molecule has 0 spiro atoms. The topological polar surface area (TPSA) is 57.8 Å². The first-order valence-electron chi connectivity index (χ1n) is 6.36. The average Bonchev–Trinajstić information content (AvgIpc) is 3.22. The van der Waals surface area contributed by atoms with E-state index in [4.69, 9.17) is 0 Å². The molecule has 98 valence electrons. The lowest BCUT2D eigenvalue weighted by molar-refractivity contribution is 0.680. The molecule has 5 heteroatoms. The van der Waals surface area contributed by atoms with Gasteiger partial charge in [0.25, 0.3) is 5.56 Å². The van der Waals surface area contributed by atoms with Crippen LogP contribution in [0.25, 0.3) is 0 Å². The molecular formula is C14H15N3OS. The summed E-state index contributed by atoms with van der Waals surface area (Å²) in [7, 11) is 0. The SMILES string of the molecule is O=c1ccnc(Sc2ccccc2CNC2CC2)[nH]1. The third-order valence-corrected chi connectivity index (χ3v) is 4.00. The Bertz CT molecular complexity index is 622. The maximum Gasteiger partial charge on any atom is 0.251 e. The molecule has 0 amide bonds. The fraction of sp³-hybridized carbons (Fsp3) is 0.286. The zero-order valence-electron chi connectivity index (χ0n) is 10.4. The van der Waals surface area contributed by atoms with Crippen molar-refractivity contribution in [1.82, 2.24) is 15.3 Å². The molecule has 1 fully saturated rings. The fourth-order valence-corrected chi connectivity index (χ4v) is 2.69. The van der Waals surface area contributed by atoms with E-state index in [0.717, 1.165) is 11.4 Å². The normalized spacial score (nSPS) is 14.5. The average molecular weight is 273 g/mol. The van der Waals surface area contributed by atoms with Crippen LogP contribution in [-0.4, -0.2) is 16.0 Å². The van der Waals surface area contributed by atoms with Gasteiger partial charge in [0, 0.05) is 29.7 Å². The Morgan fingerprint density at radius 1 is 1.32 bits per heavy atom. The maximum atomic E-state index is 11.3. The zero-order valence-corrected chi connectivity index (χ0v) is 11.2. The van der Waals surface area contributed by atoms with Gasteiger partial charge in [0.2, 0.25) is 0 Å². The van der Waals surface area contributed by atoms with Crippen molar-refractivity contribution in [2.24, 2.45) is 0 Å². The molecule has 0 bridgehead atoms. The quantitative estimate of drug-likeness (QED) is 0.820. The van der Waals surface area contributed by atoms with Gasteiger partial charge in [0.15, 0.2) is 5.16 Å². The second-order valence-corrected chi connectivity index (χ2v) is 5.63. The molecule has 2 aromatic rings. The Balaban J connectivity index is 1.77. The summed E-state index contributed by atoms with van der Waals surface area (Å²) in [6, 6.07) is 10.3. The zero-order chi connectivity index (χ0) is 13.1. The summed E-state index contributed by atoms with van der Waals surface area (Å²) in [6.45, 7) is 0.866. The molecule has 0 aliphatic heterocycles. The van der Waals surface area contributed by atoms with E-state index in [9.17, 15) is 4.79 Å². The van der Waals surface area contributed by atoms with E-state index in [0.29, 0.717) is 11.2 Å². The second-order valence-electron chi connectivity index (χ2n) is 4.60. The Morgan fingerprint density at radius 2 is 2.16 bits per heavy atom. The highest BCUT2D eigenvalue weighted by Crippen LogP contribution is 2.28. The first kappa shape index (κ1) is 12.4. The first-order valence-corrected chi connectivity index (χ1v) is 7.17. The van der Waals surface area contributed by atoms with Gasteiger partial charge in [-0.15, -0.1) is 0 Å². The van der Waals surface area contributed by atoms with Gasteiger partial charge in [-0.05, 0) is 24.5 Å². The lowest BCUT2D eigenvalue weighted by Crippen LogP contribution is -2.15. The Hall–Kier alpha value is -1.59. The van der Waals surface area contributed by atoms with Crippen molar-refractivity contribution in [2.75, 3.05) is 0 Å². The van der Waals surface area contributed by atoms with Gasteiger partial charge in [-0.3, -0.25) is 4.79 Å². The standard InChI is InChI=1S/C14H15N3OS/c18-13-7-8-15-14(17-13)19-12-4-2-1-3-10(12)9-16-11-5-6-11/h1-4,7-8,11,16H,5-6,9H2,(H,15,17,18). The first-order chi connectivity index (χ1) is 9.31. The fourth-order valence-electron chi connectivity index (χ4n) is 1.80. The summed E-state index contributed by atoms with van der Waals surface area (Å²) in [5.41, 5.74) is 1.12. The molecule has 1 saturated carbocycles. The van der Waals surface area contributed by atoms with E-state index in [1.807, 2.05) is 12.1 Å². The highest BCUT2D eigenvalue weighted by Gasteiger charge is 2.20. The van der Waals surface area contributed by atoms with Crippen molar-refractivity contribution in [3.05, 3.63) is 52.4 Å². The largest absolute Gasteiger partial charge is 0.310 e. The van der Waals surface area contributed by atoms with Crippen LogP contribution in [0.5, 0.6) is 0 Å². The summed E-state index contributed by atoms with van der Waals surface area (Å²) in [5, 5.41) is 4.14. The molecule has 1 heterocycles. The summed E-state index contributed by atoms with van der Waals surface area (Å²) < 4.78 is 0. The van der Waals surface area contributed by atoms with Gasteiger partial charge in [0.1, 0.15) is 0 Å². The van der Waals surface area contributed by atoms with Crippen molar-refractivity contribution >= 4 is 11.8 Å². The Labute approximate surface area is 115 Å². The molecule has 1 aliphatic carbocycles. The van der Waals surface area contributed by atoms with E-state index < -0.39 is 0 Å². The number of H-pyrrole nitrogens is 1. The molecule has 1 aromatic carbocycles. The van der Waals surface area contributed by atoms with Crippen LogP contribution in [0.1, 0.15) is 18.4 Å². The van der Waals surface area contributed by atoms with Crippen LogP contribution in [0.2, 0.25) is 0 Å². The smallest absolute Gasteiger partial charge is 0.251 e. The lowest BCUT2D eigenvalue weighted by Gasteiger charge is -2.09. The van der Waals surface area contributed by atoms with Gasteiger partial charge in [0.05, 0.1) is 0 Å². The van der Waals surface area contributed by atoms with E-state index in [1.54, 1.807) is 0 Å². The summed E-state index contributed by atoms with van der Waals surface area (Å²) in [5.74, 6) is 0. The number of aromatic amines is 1. The molecule has 0 saturated heterocycles. The molecule has 1 aromatic heterocycles. The predicted molar refractivity (Wildman–Crippen MR) is 75.3 cm³/mol. The lowest BCUT2D eigenvalue weighted by atomic mass is 10.2. The number of aromatic nitrogens is 2. The van der Waals surface area contributed by atoms with Gasteiger partial charge < -0.3 is 10.3 Å². The third-order valence-electron chi connectivity index (χ3n) is 2.99. The Morgan fingerprint density at radius 3 is 2.95 bits per heavy atom. The predicted octanol–water partition coefficient (Wildman–Crippen LogP) is 2.17. The molecule has 0 atom stereocenters. The second kappa shape index (κ2) is 5.59. The van der Waals surface area contributed by atoms with E-state index in [-0.39, 0.29) is 5.56 Å². The number of nitrogens with zero attached hydrogens (tertiary/aromatic N) is 1. The van der Waals surface area contributed by atoms with Crippen LogP contribution in [0, 0.1) is 0 Å². The molecule has 3 rings (SSSR count). The van der Waals surface area contributed by atoms with Crippen LogP contribution < -0.4 is 10.9 Å². The van der Waals surface area contributed by atoms with Crippen molar-refractivity contribution in [1.29, 1.82) is 0 Å². The highest BCUT2D eigenvalue weighted by atomic mass is 32.2. The molecule has 2 N–H and O–H groups in total. The van der Waals surface area contributed by atoms with Crippen LogP contribution in [-0.2, 0) is 6.54 Å². The monoisotopic (exact) mass is 273 g/mol. The number of nitrogens with one attached hydrogen (secondary N) is 2. The van der Waals surface area contributed by atoms with Crippen molar-refractivity contribution < 1.29 is 0 Å². The van der Waals surface area contributed by atoms with Crippen LogP contribution in [0.4, 0.5) is 0 Å². The Kier molecular flexibility index (Phi) is 3.66. The number of benzene rings is 1. The van der Waals surface area contributed by atoms with Crippen molar-refractivity contribution in [3.8, 4) is 0 Å². The van der Waals surface area contributed by atoms with E-state index in [2.05, 4.69) is 27.4 Å². The molecule has 4 nitrogen and oxygen atoms in total. The molecule has 0 unspecified atom stereocenters. The van der Waals surface area contributed by atoms with Gasteiger partial charge in [-0.25, -0.2) is 4.98 Å². The van der Waals surface area contributed by atoms with Crippen molar-refractivity contribution in [2.45, 2.75) is 35.5 Å². The van der Waals surface area contributed by atoms with Crippen molar-refractivity contribution in [3.63, 3.8) is 0 Å². The minimum absolute atomic E-state index is 0.119. The van der Waals surface area contributed by atoms with Crippen LogP contribution >= 0.6 is 11.8 Å².